The van der Waals surface area contributed by atoms with Crippen molar-refractivity contribution < 1.29 is 4.39 Å². The van der Waals surface area contributed by atoms with Crippen molar-refractivity contribution >= 4 is 11.6 Å². The van der Waals surface area contributed by atoms with Gasteiger partial charge in [0, 0.05) is 0 Å². The molecule has 1 nitrogen and oxygen atoms in total. The highest BCUT2D eigenvalue weighted by atomic mass is 35.5. The first kappa shape index (κ1) is 13.5. The van der Waals surface area contributed by atoms with Gasteiger partial charge in [0.25, 0.3) is 0 Å². The molecule has 0 heterocycles. The molecule has 0 saturated heterocycles. The fraction of sp³-hybridized carbons (Fsp3) is 0.538. The van der Waals surface area contributed by atoms with E-state index in [9.17, 15) is 4.39 Å². The minimum absolute atomic E-state index is 0.112. The van der Waals surface area contributed by atoms with Crippen LogP contribution in [-0.4, -0.2) is 6.54 Å². The monoisotopic (exact) mass is 243 g/mol. The Morgan fingerprint density at radius 2 is 1.94 bits per heavy atom. The lowest BCUT2D eigenvalue weighted by atomic mass is 9.92. The molecule has 0 aliphatic carbocycles. The maximum atomic E-state index is 13.8. The molecule has 0 aliphatic heterocycles. The van der Waals surface area contributed by atoms with Gasteiger partial charge in [-0.15, -0.1) is 0 Å². The van der Waals surface area contributed by atoms with Crippen LogP contribution in [0.5, 0.6) is 0 Å². The first-order valence-electron chi connectivity index (χ1n) is 5.66. The van der Waals surface area contributed by atoms with E-state index in [1.54, 1.807) is 6.07 Å². The van der Waals surface area contributed by atoms with Crippen LogP contribution in [-0.2, 0) is 0 Å². The van der Waals surface area contributed by atoms with Gasteiger partial charge in [-0.3, -0.25) is 0 Å². The second-order valence-electron chi connectivity index (χ2n) is 4.54. The SMILES string of the molecule is CC(C)c1cc(Cl)c(F)c(C(C)CCN)c1. The van der Waals surface area contributed by atoms with Gasteiger partial charge < -0.3 is 5.73 Å². The van der Waals surface area contributed by atoms with Crippen molar-refractivity contribution in [2.75, 3.05) is 6.54 Å². The van der Waals surface area contributed by atoms with E-state index < -0.39 is 0 Å². The molecule has 0 saturated carbocycles. The van der Waals surface area contributed by atoms with Crippen LogP contribution in [0.4, 0.5) is 4.39 Å². The lowest BCUT2D eigenvalue weighted by molar-refractivity contribution is 0.575. The van der Waals surface area contributed by atoms with Gasteiger partial charge in [-0.1, -0.05) is 38.4 Å². The maximum Gasteiger partial charge on any atom is 0.145 e. The molecule has 0 aliphatic rings. The minimum Gasteiger partial charge on any atom is -0.330 e. The zero-order valence-electron chi connectivity index (χ0n) is 10.1. The predicted octanol–water partition coefficient (Wildman–Crippen LogP) is 4.05. The summed E-state index contributed by atoms with van der Waals surface area (Å²) >= 11 is 5.90. The van der Waals surface area contributed by atoms with E-state index >= 15 is 0 Å². The Morgan fingerprint density at radius 1 is 1.31 bits per heavy atom. The van der Waals surface area contributed by atoms with Crippen LogP contribution in [0, 0.1) is 5.82 Å². The molecule has 3 heteroatoms. The zero-order valence-corrected chi connectivity index (χ0v) is 10.8. The van der Waals surface area contributed by atoms with Gasteiger partial charge in [-0.2, -0.15) is 0 Å². The highest BCUT2D eigenvalue weighted by Gasteiger charge is 2.15. The molecule has 1 unspecified atom stereocenters. The van der Waals surface area contributed by atoms with Gasteiger partial charge in [0.05, 0.1) is 5.02 Å². The third-order valence-corrected chi connectivity index (χ3v) is 3.15. The Labute approximate surface area is 102 Å². The molecular formula is C13H19ClFN. The summed E-state index contributed by atoms with van der Waals surface area (Å²) in [6.45, 7) is 6.68. The molecule has 0 bridgehead atoms. The summed E-state index contributed by atoms with van der Waals surface area (Å²) in [7, 11) is 0. The molecule has 1 aromatic carbocycles. The Hall–Kier alpha value is -0.600. The molecule has 16 heavy (non-hydrogen) atoms. The van der Waals surface area contributed by atoms with Gasteiger partial charge in [0.15, 0.2) is 0 Å². The largest absolute Gasteiger partial charge is 0.330 e. The summed E-state index contributed by atoms with van der Waals surface area (Å²) in [6, 6.07) is 3.62. The fourth-order valence-electron chi connectivity index (χ4n) is 1.73. The van der Waals surface area contributed by atoms with Crippen molar-refractivity contribution in [3.05, 3.63) is 34.1 Å². The van der Waals surface area contributed by atoms with Crippen molar-refractivity contribution in [3.63, 3.8) is 0 Å². The van der Waals surface area contributed by atoms with Gasteiger partial charge in [0.1, 0.15) is 5.82 Å². The van der Waals surface area contributed by atoms with Crippen LogP contribution < -0.4 is 5.73 Å². The van der Waals surface area contributed by atoms with Gasteiger partial charge in [0.2, 0.25) is 0 Å². The summed E-state index contributed by atoms with van der Waals surface area (Å²) in [5.74, 6) is 0.162. The molecule has 0 amide bonds. The smallest absolute Gasteiger partial charge is 0.145 e. The fourth-order valence-corrected chi connectivity index (χ4v) is 1.96. The Balaban J connectivity index is 3.16. The van der Waals surface area contributed by atoms with E-state index in [2.05, 4.69) is 13.8 Å². The molecule has 0 fully saturated rings. The molecule has 0 spiro atoms. The van der Waals surface area contributed by atoms with Crippen molar-refractivity contribution in [3.8, 4) is 0 Å². The van der Waals surface area contributed by atoms with E-state index in [1.807, 2.05) is 13.0 Å². The molecule has 1 rings (SSSR count). The Morgan fingerprint density at radius 3 is 2.44 bits per heavy atom. The number of halogens is 2. The number of hydrogen-bond donors (Lipinski definition) is 1. The summed E-state index contributed by atoms with van der Waals surface area (Å²) in [5, 5.41) is 0.213. The number of benzene rings is 1. The Bertz CT molecular complexity index is 363. The van der Waals surface area contributed by atoms with Crippen LogP contribution in [0.1, 0.15) is 50.2 Å². The van der Waals surface area contributed by atoms with E-state index in [0.29, 0.717) is 18.0 Å². The third kappa shape index (κ3) is 2.96. The van der Waals surface area contributed by atoms with E-state index in [-0.39, 0.29) is 16.8 Å². The minimum atomic E-state index is -0.299. The summed E-state index contributed by atoms with van der Waals surface area (Å²) in [4.78, 5) is 0. The second kappa shape index (κ2) is 5.65. The van der Waals surface area contributed by atoms with Crippen LogP contribution in [0.2, 0.25) is 5.02 Å². The first-order valence-corrected chi connectivity index (χ1v) is 6.04. The van der Waals surface area contributed by atoms with Crippen LogP contribution in [0.25, 0.3) is 0 Å². The predicted molar refractivity (Wildman–Crippen MR) is 67.6 cm³/mol. The standard InChI is InChI=1S/C13H19ClFN/c1-8(2)10-6-11(9(3)4-5-16)13(15)12(14)7-10/h6-9H,4-5,16H2,1-3H3. The molecule has 0 radical (unpaired) electrons. The lowest BCUT2D eigenvalue weighted by Crippen LogP contribution is -2.07. The van der Waals surface area contributed by atoms with Crippen molar-refractivity contribution in [1.82, 2.24) is 0 Å². The van der Waals surface area contributed by atoms with E-state index in [4.69, 9.17) is 17.3 Å². The van der Waals surface area contributed by atoms with Crippen LogP contribution >= 0.6 is 11.6 Å². The first-order chi connectivity index (χ1) is 7.47. The van der Waals surface area contributed by atoms with Crippen molar-refractivity contribution in [1.29, 1.82) is 0 Å². The summed E-state index contributed by atoms with van der Waals surface area (Å²) in [5.41, 5.74) is 7.25. The maximum absolute atomic E-state index is 13.8. The topological polar surface area (TPSA) is 26.0 Å². The normalized spacial score (nSPS) is 13.2. The van der Waals surface area contributed by atoms with Crippen molar-refractivity contribution in [2.24, 2.45) is 5.73 Å². The molecule has 1 atom stereocenters. The van der Waals surface area contributed by atoms with Crippen LogP contribution in [0.15, 0.2) is 12.1 Å². The molecule has 1 aromatic rings. The number of rotatable bonds is 4. The summed E-state index contributed by atoms with van der Waals surface area (Å²) < 4.78 is 13.8. The second-order valence-corrected chi connectivity index (χ2v) is 4.95. The third-order valence-electron chi connectivity index (χ3n) is 2.88. The lowest BCUT2D eigenvalue weighted by Gasteiger charge is -2.16. The van der Waals surface area contributed by atoms with Crippen LogP contribution in [0.3, 0.4) is 0 Å². The highest BCUT2D eigenvalue weighted by Crippen LogP contribution is 2.30. The average molecular weight is 244 g/mol. The average Bonchev–Trinajstić information content (AvgIpc) is 2.21. The number of nitrogens with two attached hydrogens (primary N) is 1. The molecule has 2 N–H and O–H groups in total. The van der Waals surface area contributed by atoms with Gasteiger partial charge >= 0.3 is 0 Å². The molecular weight excluding hydrogens is 225 g/mol. The van der Waals surface area contributed by atoms with Gasteiger partial charge in [-0.25, -0.2) is 4.39 Å². The van der Waals surface area contributed by atoms with E-state index in [1.165, 1.54) is 0 Å². The highest BCUT2D eigenvalue weighted by molar-refractivity contribution is 6.30. The van der Waals surface area contributed by atoms with Gasteiger partial charge in [-0.05, 0) is 42.0 Å². The van der Waals surface area contributed by atoms with Crippen molar-refractivity contribution in [2.45, 2.75) is 39.0 Å². The molecule has 0 aromatic heterocycles. The number of hydrogen-bond acceptors (Lipinski definition) is 1. The van der Waals surface area contributed by atoms with E-state index in [0.717, 1.165) is 12.0 Å². The Kier molecular flexibility index (Phi) is 4.75. The zero-order chi connectivity index (χ0) is 12.3. The molecule has 90 valence electrons. The summed E-state index contributed by atoms with van der Waals surface area (Å²) in [6.07, 6.45) is 0.773. The quantitative estimate of drug-likeness (QED) is 0.848.